The zero-order valence-corrected chi connectivity index (χ0v) is 18.5. The maximum Gasteiger partial charge on any atom is 0.416 e. The minimum Gasteiger partial charge on any atom is -0.279 e. The van der Waals surface area contributed by atoms with E-state index < -0.39 is 35.0 Å². The van der Waals surface area contributed by atoms with Crippen molar-refractivity contribution in [3.63, 3.8) is 0 Å². The molecule has 0 atom stereocenters. The molecule has 3 aromatic carbocycles. The summed E-state index contributed by atoms with van der Waals surface area (Å²) in [6.07, 6.45) is -10.2. The number of hydrogen-bond acceptors (Lipinski definition) is 3. The van der Waals surface area contributed by atoms with Crippen LogP contribution in [0.15, 0.2) is 66.7 Å². The SMILES string of the molecule is O=C(c1cc(C(F)(F)F)cc(C(F)(F)F)c1)N(Cc1ccccc1)c1nc2c(Cl)cccc2s1. The van der Waals surface area contributed by atoms with Crippen molar-refractivity contribution in [2.75, 3.05) is 4.90 Å². The lowest BCUT2D eigenvalue weighted by Crippen LogP contribution is -2.31. The fourth-order valence-electron chi connectivity index (χ4n) is 3.25. The number of anilines is 1. The molecule has 34 heavy (non-hydrogen) atoms. The molecule has 4 rings (SSSR count). The van der Waals surface area contributed by atoms with E-state index in [0.29, 0.717) is 32.9 Å². The summed E-state index contributed by atoms with van der Waals surface area (Å²) in [5, 5.41) is 0.383. The van der Waals surface area contributed by atoms with Gasteiger partial charge in [0, 0.05) is 5.56 Å². The minimum atomic E-state index is -5.08. The number of para-hydroxylation sites is 1. The first-order valence-corrected chi connectivity index (χ1v) is 10.8. The third-order valence-corrected chi connectivity index (χ3v) is 6.20. The van der Waals surface area contributed by atoms with E-state index >= 15 is 0 Å². The highest BCUT2D eigenvalue weighted by atomic mass is 35.5. The van der Waals surface area contributed by atoms with Crippen LogP contribution in [0.1, 0.15) is 27.0 Å². The molecule has 176 valence electrons. The summed E-state index contributed by atoms with van der Waals surface area (Å²) < 4.78 is 80.6. The zero-order chi connectivity index (χ0) is 24.7. The van der Waals surface area contributed by atoms with Gasteiger partial charge in [-0.3, -0.25) is 9.69 Å². The molecule has 1 heterocycles. The lowest BCUT2D eigenvalue weighted by atomic mass is 10.0. The van der Waals surface area contributed by atoms with E-state index in [-0.39, 0.29) is 17.7 Å². The first kappa shape index (κ1) is 24.0. The zero-order valence-electron chi connectivity index (χ0n) is 16.9. The molecule has 11 heteroatoms. The number of halogens is 7. The maximum absolute atomic E-state index is 13.4. The second-order valence-corrected chi connectivity index (χ2v) is 8.67. The van der Waals surface area contributed by atoms with Crippen molar-refractivity contribution in [1.82, 2.24) is 4.98 Å². The quantitative estimate of drug-likeness (QED) is 0.260. The molecule has 1 amide bonds. The highest BCUT2D eigenvalue weighted by Crippen LogP contribution is 2.38. The Morgan fingerprint density at radius 3 is 2.06 bits per heavy atom. The predicted molar refractivity (Wildman–Crippen MR) is 118 cm³/mol. The third kappa shape index (κ3) is 5.02. The van der Waals surface area contributed by atoms with E-state index in [0.717, 1.165) is 16.2 Å². The molecule has 0 aliphatic heterocycles. The van der Waals surface area contributed by atoms with Crippen LogP contribution in [-0.4, -0.2) is 10.9 Å². The Morgan fingerprint density at radius 2 is 1.50 bits per heavy atom. The van der Waals surface area contributed by atoms with E-state index in [1.807, 2.05) is 0 Å². The topological polar surface area (TPSA) is 33.2 Å². The van der Waals surface area contributed by atoms with E-state index in [4.69, 9.17) is 11.6 Å². The molecule has 4 aromatic rings. The molecule has 0 unspecified atom stereocenters. The van der Waals surface area contributed by atoms with Gasteiger partial charge in [-0.15, -0.1) is 0 Å². The summed E-state index contributed by atoms with van der Waals surface area (Å²) >= 11 is 7.21. The summed E-state index contributed by atoms with van der Waals surface area (Å²) in [6, 6.07) is 14.2. The van der Waals surface area contributed by atoms with Crippen LogP contribution in [0.2, 0.25) is 5.02 Å². The fraction of sp³-hybridized carbons (Fsp3) is 0.130. The van der Waals surface area contributed by atoms with Gasteiger partial charge in [-0.1, -0.05) is 59.3 Å². The highest BCUT2D eigenvalue weighted by molar-refractivity contribution is 7.22. The van der Waals surface area contributed by atoms with Crippen LogP contribution in [0.5, 0.6) is 0 Å². The number of aromatic nitrogens is 1. The number of rotatable bonds is 4. The molecule has 0 aliphatic carbocycles. The molecule has 1 aromatic heterocycles. The summed E-state index contributed by atoms with van der Waals surface area (Å²) in [7, 11) is 0. The first-order valence-electron chi connectivity index (χ1n) is 9.64. The van der Waals surface area contributed by atoms with Gasteiger partial charge in [0.05, 0.1) is 27.4 Å². The van der Waals surface area contributed by atoms with Crippen LogP contribution in [-0.2, 0) is 18.9 Å². The maximum atomic E-state index is 13.4. The van der Waals surface area contributed by atoms with Crippen molar-refractivity contribution in [3.05, 3.63) is 94.0 Å². The molecular weight excluding hydrogens is 502 g/mol. The molecule has 0 aliphatic rings. The lowest BCUT2D eigenvalue weighted by Gasteiger charge is -2.21. The smallest absolute Gasteiger partial charge is 0.279 e. The van der Waals surface area contributed by atoms with Crippen molar-refractivity contribution >= 4 is 44.2 Å². The van der Waals surface area contributed by atoms with Gasteiger partial charge in [-0.2, -0.15) is 26.3 Å². The average molecular weight is 515 g/mol. The number of alkyl halides is 6. The van der Waals surface area contributed by atoms with Gasteiger partial charge in [-0.25, -0.2) is 4.98 Å². The number of carbonyl (C=O) groups is 1. The van der Waals surface area contributed by atoms with E-state index in [1.165, 1.54) is 0 Å². The Hall–Kier alpha value is -3.11. The lowest BCUT2D eigenvalue weighted by molar-refractivity contribution is -0.143. The Balaban J connectivity index is 1.86. The Kier molecular flexibility index (Phi) is 6.30. The molecular formula is C23H13ClF6N2OS. The van der Waals surface area contributed by atoms with Gasteiger partial charge < -0.3 is 0 Å². The number of amides is 1. The standard InChI is InChI=1S/C23H13ClF6N2OS/c24-17-7-4-8-18-19(17)31-21(34-18)32(12-13-5-2-1-3-6-13)20(33)14-9-15(22(25,26)27)11-16(10-14)23(28,29)30/h1-11H,12H2. The Morgan fingerprint density at radius 1 is 0.882 bits per heavy atom. The van der Waals surface area contributed by atoms with Gasteiger partial charge in [-0.05, 0) is 35.9 Å². The van der Waals surface area contributed by atoms with Crippen molar-refractivity contribution in [3.8, 4) is 0 Å². The number of carbonyl (C=O) groups excluding carboxylic acids is 1. The molecule has 0 bridgehead atoms. The monoisotopic (exact) mass is 514 g/mol. The van der Waals surface area contributed by atoms with Crippen molar-refractivity contribution < 1.29 is 31.1 Å². The number of hydrogen-bond donors (Lipinski definition) is 0. The van der Waals surface area contributed by atoms with Gasteiger partial charge in [0.15, 0.2) is 5.13 Å². The molecule has 0 N–H and O–H groups in total. The second-order valence-electron chi connectivity index (χ2n) is 7.25. The van der Waals surface area contributed by atoms with Crippen LogP contribution in [0.3, 0.4) is 0 Å². The van der Waals surface area contributed by atoms with Crippen LogP contribution in [0.25, 0.3) is 10.2 Å². The van der Waals surface area contributed by atoms with Gasteiger partial charge in [0.2, 0.25) is 0 Å². The summed E-state index contributed by atoms with van der Waals surface area (Å²) in [6.45, 7) is -0.130. The first-order chi connectivity index (χ1) is 15.9. The number of benzene rings is 3. The van der Waals surface area contributed by atoms with Crippen molar-refractivity contribution in [2.24, 2.45) is 0 Å². The second kappa shape index (κ2) is 8.92. The summed E-state index contributed by atoms with van der Waals surface area (Å²) in [5.74, 6) is -1.06. The van der Waals surface area contributed by atoms with Gasteiger partial charge in [0.1, 0.15) is 5.52 Å². The van der Waals surface area contributed by atoms with Crippen LogP contribution in [0.4, 0.5) is 31.5 Å². The summed E-state index contributed by atoms with van der Waals surface area (Å²) in [5.41, 5.74) is -2.93. The highest BCUT2D eigenvalue weighted by Gasteiger charge is 2.38. The van der Waals surface area contributed by atoms with E-state index in [1.54, 1.807) is 48.5 Å². The molecule has 0 saturated carbocycles. The van der Waals surface area contributed by atoms with Crippen molar-refractivity contribution in [2.45, 2.75) is 18.9 Å². The molecule has 0 spiro atoms. The van der Waals surface area contributed by atoms with E-state index in [2.05, 4.69) is 4.98 Å². The Bertz CT molecular complexity index is 1320. The molecule has 0 saturated heterocycles. The van der Waals surface area contributed by atoms with E-state index in [9.17, 15) is 31.1 Å². The molecule has 0 fully saturated rings. The number of nitrogens with zero attached hydrogens (tertiary/aromatic N) is 2. The average Bonchev–Trinajstić information content (AvgIpc) is 3.22. The fourth-order valence-corrected chi connectivity index (χ4v) is 4.51. The Labute approximate surface area is 198 Å². The summed E-state index contributed by atoms with van der Waals surface area (Å²) in [4.78, 5) is 18.8. The van der Waals surface area contributed by atoms with Crippen molar-refractivity contribution in [1.29, 1.82) is 0 Å². The third-order valence-electron chi connectivity index (χ3n) is 4.85. The van der Waals surface area contributed by atoms with Crippen LogP contribution < -0.4 is 4.90 Å². The van der Waals surface area contributed by atoms with Gasteiger partial charge >= 0.3 is 12.4 Å². The largest absolute Gasteiger partial charge is 0.416 e. The van der Waals surface area contributed by atoms with Gasteiger partial charge in [0.25, 0.3) is 5.91 Å². The predicted octanol–water partition coefficient (Wildman–Crippen LogP) is 7.83. The number of fused-ring (bicyclic) bond motifs is 1. The number of thiazole rings is 1. The normalized spacial score (nSPS) is 12.2. The molecule has 3 nitrogen and oxygen atoms in total. The van der Waals surface area contributed by atoms with Crippen LogP contribution in [0, 0.1) is 0 Å². The minimum absolute atomic E-state index is 0.0181. The molecule has 0 radical (unpaired) electrons. The van der Waals surface area contributed by atoms with Crippen LogP contribution >= 0.6 is 22.9 Å².